The Kier molecular flexibility index (Phi) is 15.6. The third-order valence-electron chi connectivity index (χ3n) is 14.7. The van der Waals surface area contributed by atoms with Crippen LogP contribution in [0.5, 0.6) is 0 Å². The van der Waals surface area contributed by atoms with Crippen molar-refractivity contribution in [2.45, 2.75) is 116 Å². The average molecular weight is 1030 g/mol. The summed E-state index contributed by atoms with van der Waals surface area (Å²) >= 11 is 0. The van der Waals surface area contributed by atoms with Crippen LogP contribution >= 0.6 is 0 Å². The van der Waals surface area contributed by atoms with Gasteiger partial charge in [0.1, 0.15) is 24.7 Å². The Bertz CT molecular complexity index is 2780. The molecule has 22 heteroatoms. The second kappa shape index (κ2) is 21.5. The van der Waals surface area contributed by atoms with Gasteiger partial charge in [0.05, 0.1) is 42.9 Å². The smallest absolute Gasteiger partial charge is 0.406 e. The number of nitrogens with one attached hydrogen (secondary N) is 2. The first-order chi connectivity index (χ1) is 35.0. The van der Waals surface area contributed by atoms with Crippen LogP contribution in [0.1, 0.15) is 83.5 Å². The van der Waals surface area contributed by atoms with Crippen LogP contribution in [0.3, 0.4) is 0 Å². The number of hydrogen-bond donors (Lipinski definition) is 2. The highest BCUT2D eigenvalue weighted by Gasteiger charge is 2.44. The molecule has 0 radical (unpaired) electrons. The van der Waals surface area contributed by atoms with E-state index in [2.05, 4.69) is 22.3 Å². The number of carbonyl (C=O) groups is 5. The molecule has 400 valence electrons. The third kappa shape index (κ3) is 11.3. The van der Waals surface area contributed by atoms with Crippen molar-refractivity contribution < 1.29 is 51.4 Å². The molecule has 8 rings (SSSR count). The fraction of sp³-hybridized carbons (Fsp3) is 0.577. The number of likely N-dealkylation sites (N-methyl/N-ethyl adjacent to an activating group) is 1. The highest BCUT2D eigenvalue weighted by atomic mass is 19.4. The van der Waals surface area contributed by atoms with Crippen molar-refractivity contribution in [3.05, 3.63) is 66.3 Å². The van der Waals surface area contributed by atoms with Gasteiger partial charge in [-0.05, 0) is 86.9 Å². The topological polar surface area (TPSA) is 199 Å². The van der Waals surface area contributed by atoms with Gasteiger partial charge < -0.3 is 38.8 Å². The van der Waals surface area contributed by atoms with Gasteiger partial charge in [-0.3, -0.25) is 29.2 Å². The Morgan fingerprint density at radius 2 is 1.82 bits per heavy atom. The summed E-state index contributed by atoms with van der Waals surface area (Å²) in [6.07, 6.45) is -0.645. The van der Waals surface area contributed by atoms with Crippen LogP contribution in [-0.2, 0) is 59.8 Å². The molecule has 3 fully saturated rings. The molecule has 0 unspecified atom stereocenters. The maximum Gasteiger partial charge on any atom is 0.406 e. The zero-order valence-corrected chi connectivity index (χ0v) is 43.5. The largest absolute Gasteiger partial charge is 0.464 e. The number of likely N-dealkylation sites (tertiary alicyclic amines) is 1. The van der Waals surface area contributed by atoms with E-state index in [0.717, 1.165) is 0 Å². The number of fused-ring (bicyclic) bond motifs is 6. The van der Waals surface area contributed by atoms with Crippen molar-refractivity contribution in [1.82, 2.24) is 54.8 Å². The molecule has 5 amide bonds. The number of rotatable bonds is 9. The summed E-state index contributed by atoms with van der Waals surface area (Å²) in [7, 11) is 4.73. The number of cyclic esters (lactones) is 1. The molecule has 3 aromatic heterocycles. The van der Waals surface area contributed by atoms with Crippen molar-refractivity contribution in [1.29, 1.82) is 0 Å². The molecule has 0 saturated carbocycles. The van der Waals surface area contributed by atoms with Crippen molar-refractivity contribution in [3.63, 3.8) is 0 Å². The number of carbonyl (C=O) groups excluding carboxylic acids is 5. The minimum Gasteiger partial charge on any atom is -0.464 e. The quantitative estimate of drug-likeness (QED) is 0.161. The van der Waals surface area contributed by atoms with Crippen LogP contribution in [0, 0.1) is 11.3 Å². The highest BCUT2D eigenvalue weighted by Crippen LogP contribution is 2.43. The molecule has 3 saturated heterocycles. The predicted octanol–water partition coefficient (Wildman–Crippen LogP) is 5.37. The average Bonchev–Trinajstić information content (AvgIpc) is 3.88. The molecule has 7 heterocycles. The molecule has 1 aromatic carbocycles. The zero-order chi connectivity index (χ0) is 53.4. The van der Waals surface area contributed by atoms with E-state index in [1.807, 2.05) is 13.8 Å². The number of hydrogen-bond acceptors (Lipinski definition) is 12. The molecular formula is C52H68F3N11O8. The van der Waals surface area contributed by atoms with Gasteiger partial charge in [-0.2, -0.15) is 18.3 Å². The first-order valence-corrected chi connectivity index (χ1v) is 25.2. The van der Waals surface area contributed by atoms with Gasteiger partial charge in [0.25, 0.3) is 5.91 Å². The number of benzene rings is 1. The van der Waals surface area contributed by atoms with Crippen LogP contribution in [0.25, 0.3) is 33.5 Å². The van der Waals surface area contributed by atoms with E-state index in [4.69, 9.17) is 24.3 Å². The lowest BCUT2D eigenvalue weighted by Gasteiger charge is -2.47. The number of aryl methyl sites for hydroxylation is 1. The molecule has 1 spiro atoms. The van der Waals surface area contributed by atoms with E-state index >= 15 is 0 Å². The van der Waals surface area contributed by atoms with Crippen molar-refractivity contribution >= 4 is 40.6 Å². The summed E-state index contributed by atoms with van der Waals surface area (Å²) in [5.74, 6) is -1.85. The molecular weight excluding hydrogens is 964 g/mol. The Balaban J connectivity index is 1.14. The van der Waals surface area contributed by atoms with E-state index in [9.17, 15) is 37.1 Å². The Morgan fingerprint density at radius 1 is 1.08 bits per heavy atom. The van der Waals surface area contributed by atoms with Gasteiger partial charge >= 0.3 is 18.2 Å². The minimum absolute atomic E-state index is 0.118. The Labute approximate surface area is 428 Å². The molecule has 4 aliphatic heterocycles. The van der Waals surface area contributed by atoms with Gasteiger partial charge in [0, 0.05) is 87.4 Å². The number of piperidine rings is 1. The van der Waals surface area contributed by atoms with Gasteiger partial charge in [-0.25, -0.2) is 19.9 Å². The molecule has 19 nitrogen and oxygen atoms in total. The van der Waals surface area contributed by atoms with E-state index in [1.54, 1.807) is 81.2 Å². The summed E-state index contributed by atoms with van der Waals surface area (Å²) in [5, 5.41) is 9.45. The van der Waals surface area contributed by atoms with Gasteiger partial charge in [0.15, 0.2) is 11.6 Å². The molecule has 6 bridgehead atoms. The molecule has 0 aliphatic carbocycles. The monoisotopic (exact) mass is 1030 g/mol. The predicted molar refractivity (Wildman–Crippen MR) is 267 cm³/mol. The molecule has 4 aliphatic rings. The van der Waals surface area contributed by atoms with Gasteiger partial charge in [0.2, 0.25) is 11.8 Å². The summed E-state index contributed by atoms with van der Waals surface area (Å²) in [5.41, 5.74) is 4.21. The van der Waals surface area contributed by atoms with Crippen LogP contribution in [0.2, 0.25) is 0 Å². The fourth-order valence-electron chi connectivity index (χ4n) is 10.9. The van der Waals surface area contributed by atoms with E-state index in [1.165, 1.54) is 32.3 Å². The lowest BCUT2D eigenvalue weighted by Crippen LogP contribution is -2.63. The summed E-state index contributed by atoms with van der Waals surface area (Å²) in [6, 6.07) is 4.84. The summed E-state index contributed by atoms with van der Waals surface area (Å²) in [4.78, 5) is 84.3. The number of methoxy groups -OCH3 is 1. The van der Waals surface area contributed by atoms with Gasteiger partial charge in [-0.1, -0.05) is 34.3 Å². The second-order valence-corrected chi connectivity index (χ2v) is 21.1. The number of aromatic nitrogens is 5. The summed E-state index contributed by atoms with van der Waals surface area (Å²) < 4.78 is 64.8. The molecule has 4 atom stereocenters. The van der Waals surface area contributed by atoms with Gasteiger partial charge in [-0.15, -0.1) is 0 Å². The molecule has 74 heavy (non-hydrogen) atoms. The van der Waals surface area contributed by atoms with Crippen molar-refractivity contribution in [3.8, 4) is 22.6 Å². The standard InChI is InChI=1S/C52H68F3N11O8/c1-10-41(67)64-23-24-74-51(28-64)17-21-63(22-18-51)49(71)61(7)43(31(2)3)46(68)57-38-26-40-58-45(62(8)60-40)33-15-16-39-35(25-33)36(27-50(5,6)30-73-48(70)37-14-12-20-66(59-37)47(38)69)44(65(39)29-52(53,54)55)34-13-11-19-56-42(34)32(4)72-9/h10-11,13,15-16,19,25,31-32,37-38,43,59H,1,12,14,17-18,20-24,26-30H2,2-9H3,(H,57,68)/t32-,37-,38-,43-/m0/s1. The zero-order valence-electron chi connectivity index (χ0n) is 43.5. The maximum atomic E-state index is 14.8. The van der Waals surface area contributed by atoms with Crippen LogP contribution < -0.4 is 10.7 Å². The van der Waals surface area contributed by atoms with E-state index in [-0.39, 0.29) is 43.8 Å². The number of alkyl halides is 3. The number of halogens is 3. The molecule has 2 N–H and O–H groups in total. The van der Waals surface area contributed by atoms with Crippen molar-refractivity contribution in [2.75, 3.05) is 60.1 Å². The van der Waals surface area contributed by atoms with Crippen LogP contribution in [0.15, 0.2) is 49.2 Å². The normalized spacial score (nSPS) is 21.3. The number of esters is 1. The van der Waals surface area contributed by atoms with E-state index < -0.39 is 71.7 Å². The number of urea groups is 1. The summed E-state index contributed by atoms with van der Waals surface area (Å²) in [6.45, 7) is 13.4. The lowest BCUT2D eigenvalue weighted by molar-refractivity contribution is -0.155. The number of amides is 5. The fourth-order valence-corrected chi connectivity index (χ4v) is 10.9. The number of hydrazine groups is 1. The third-order valence-corrected chi connectivity index (χ3v) is 14.7. The van der Waals surface area contributed by atoms with Crippen molar-refractivity contribution in [2.24, 2.45) is 18.4 Å². The number of pyridine rings is 1. The minimum atomic E-state index is -4.62. The van der Waals surface area contributed by atoms with E-state index in [0.29, 0.717) is 103 Å². The first kappa shape index (κ1) is 53.9. The first-order valence-electron chi connectivity index (χ1n) is 25.2. The number of nitrogens with zero attached hydrogens (tertiary/aromatic N) is 9. The number of morpholine rings is 1. The van der Waals surface area contributed by atoms with Crippen LogP contribution in [-0.4, -0.2) is 164 Å². The lowest BCUT2D eigenvalue weighted by atomic mass is 9.84. The Hall–Kier alpha value is -6.39. The number of ether oxygens (including phenoxy) is 3. The SMILES string of the molecule is C=CC(=O)N1CCOC2(CCN(C(=O)N(C)[C@H](C(=O)N[C@H]3Cc4nc(n(C)n4)-c4ccc5c(c4)c(c(-c4cccnc4[C@H](C)OC)n5CC(F)(F)F)CC(C)(C)COC(=O)[C@@H]4CCCN(N4)C3=O)C(C)C)CC2)C1. The second-order valence-electron chi connectivity index (χ2n) is 21.1. The maximum absolute atomic E-state index is 14.8. The van der Waals surface area contributed by atoms with Crippen LogP contribution in [0.4, 0.5) is 18.0 Å². The highest BCUT2D eigenvalue weighted by molar-refractivity contribution is 5.95. The Morgan fingerprint density at radius 3 is 2.51 bits per heavy atom. The molecule has 4 aromatic rings.